The molecule has 1 aromatic carbocycles. The Labute approximate surface area is 136 Å². The van der Waals surface area contributed by atoms with Gasteiger partial charge in [-0.3, -0.25) is 0 Å². The molecule has 0 saturated carbocycles. The Morgan fingerprint density at radius 1 is 1.30 bits per heavy atom. The molecule has 2 heterocycles. The van der Waals surface area contributed by atoms with Crippen molar-refractivity contribution in [1.82, 2.24) is 14.6 Å². The summed E-state index contributed by atoms with van der Waals surface area (Å²) in [7, 11) is -4.00. The fraction of sp³-hybridized carbons (Fsp3) is 0.0909. The second-order valence-corrected chi connectivity index (χ2v) is 7.58. The number of alkyl halides is 3. The molecule has 0 saturated heterocycles. The average molecular weight is 383 g/mol. The van der Waals surface area contributed by atoms with E-state index in [0.29, 0.717) is 11.3 Å². The van der Waals surface area contributed by atoms with Crippen molar-refractivity contribution in [2.45, 2.75) is 10.5 Å². The molecule has 2 N–H and O–H groups in total. The van der Waals surface area contributed by atoms with Crippen molar-refractivity contribution in [2.24, 2.45) is 5.14 Å². The van der Waals surface area contributed by atoms with E-state index in [2.05, 4.69) is 10.1 Å². The number of aromatic nitrogens is 3. The Morgan fingerprint density at radius 2 is 2.00 bits per heavy atom. The minimum absolute atomic E-state index is 0.0282. The SMILES string of the molecule is NS(=O)(=O)c1nn2cc(-c3cc(Cl)ccc3C(F)(F)F)nc2s1. The van der Waals surface area contributed by atoms with Gasteiger partial charge in [0.05, 0.1) is 17.5 Å². The van der Waals surface area contributed by atoms with Crippen LogP contribution in [0.4, 0.5) is 13.2 Å². The van der Waals surface area contributed by atoms with E-state index in [4.69, 9.17) is 16.7 Å². The van der Waals surface area contributed by atoms with Gasteiger partial charge in [0, 0.05) is 10.6 Å². The maximum Gasteiger partial charge on any atom is 0.417 e. The van der Waals surface area contributed by atoms with E-state index in [1.165, 1.54) is 6.20 Å². The molecule has 0 fully saturated rings. The molecule has 0 spiro atoms. The largest absolute Gasteiger partial charge is 0.417 e. The Balaban J connectivity index is 2.18. The molecule has 23 heavy (non-hydrogen) atoms. The van der Waals surface area contributed by atoms with E-state index in [1.807, 2.05) is 0 Å². The summed E-state index contributed by atoms with van der Waals surface area (Å²) in [4.78, 5) is 4.07. The molecular formula is C11H6ClF3N4O2S2. The molecule has 2 aromatic heterocycles. The maximum absolute atomic E-state index is 13.1. The van der Waals surface area contributed by atoms with Crippen molar-refractivity contribution >= 4 is 37.9 Å². The van der Waals surface area contributed by atoms with E-state index in [1.54, 1.807) is 0 Å². The summed E-state index contributed by atoms with van der Waals surface area (Å²) in [5.74, 6) is 0. The van der Waals surface area contributed by atoms with Gasteiger partial charge in [0.25, 0.3) is 10.0 Å². The van der Waals surface area contributed by atoms with Crippen molar-refractivity contribution in [3.05, 3.63) is 35.0 Å². The van der Waals surface area contributed by atoms with Gasteiger partial charge in [-0.25, -0.2) is 23.1 Å². The highest BCUT2D eigenvalue weighted by atomic mass is 35.5. The van der Waals surface area contributed by atoms with Gasteiger partial charge in [0.1, 0.15) is 0 Å². The van der Waals surface area contributed by atoms with E-state index in [-0.39, 0.29) is 25.6 Å². The van der Waals surface area contributed by atoms with Crippen LogP contribution >= 0.6 is 22.9 Å². The first-order valence-electron chi connectivity index (χ1n) is 5.82. The maximum atomic E-state index is 13.1. The summed E-state index contributed by atoms with van der Waals surface area (Å²) in [6.45, 7) is 0. The van der Waals surface area contributed by atoms with Gasteiger partial charge in [-0.05, 0) is 18.2 Å². The summed E-state index contributed by atoms with van der Waals surface area (Å²) < 4.78 is 62.3. The van der Waals surface area contributed by atoms with Crippen LogP contribution in [0.15, 0.2) is 28.7 Å². The number of sulfonamides is 1. The van der Waals surface area contributed by atoms with Crippen molar-refractivity contribution in [3.8, 4) is 11.3 Å². The van der Waals surface area contributed by atoms with Crippen molar-refractivity contribution in [3.63, 3.8) is 0 Å². The smallest absolute Gasteiger partial charge is 0.223 e. The van der Waals surface area contributed by atoms with Gasteiger partial charge in [0.15, 0.2) is 0 Å². The second kappa shape index (κ2) is 5.16. The number of hydrogen-bond acceptors (Lipinski definition) is 5. The van der Waals surface area contributed by atoms with Gasteiger partial charge in [-0.15, -0.1) is 5.10 Å². The number of halogens is 4. The van der Waals surface area contributed by atoms with Gasteiger partial charge < -0.3 is 0 Å². The molecule has 0 aliphatic heterocycles. The fourth-order valence-electron chi connectivity index (χ4n) is 1.90. The van der Waals surface area contributed by atoms with E-state index >= 15 is 0 Å². The molecule has 0 unspecified atom stereocenters. The summed E-state index contributed by atoms with van der Waals surface area (Å²) >= 11 is 6.41. The van der Waals surface area contributed by atoms with Gasteiger partial charge in [0.2, 0.25) is 9.30 Å². The Kier molecular flexibility index (Phi) is 3.63. The zero-order valence-electron chi connectivity index (χ0n) is 10.9. The number of primary sulfonamides is 1. The molecule has 12 heteroatoms. The zero-order chi connectivity index (χ0) is 17.0. The van der Waals surface area contributed by atoms with Gasteiger partial charge >= 0.3 is 6.18 Å². The lowest BCUT2D eigenvalue weighted by molar-refractivity contribution is -0.137. The summed E-state index contributed by atoms with van der Waals surface area (Å²) in [5.41, 5.74) is -1.15. The van der Waals surface area contributed by atoms with Crippen molar-refractivity contribution in [1.29, 1.82) is 0 Å². The topological polar surface area (TPSA) is 90.4 Å². The number of fused-ring (bicyclic) bond motifs is 1. The summed E-state index contributed by atoms with van der Waals surface area (Å²) in [5, 5.41) is 8.75. The molecular weight excluding hydrogens is 377 g/mol. The molecule has 122 valence electrons. The third-order valence-electron chi connectivity index (χ3n) is 2.83. The van der Waals surface area contributed by atoms with E-state index in [9.17, 15) is 21.6 Å². The van der Waals surface area contributed by atoms with Crippen LogP contribution in [0.25, 0.3) is 16.2 Å². The molecule has 3 rings (SSSR count). The van der Waals surface area contributed by atoms with Crippen LogP contribution < -0.4 is 5.14 Å². The Hall–Kier alpha value is -1.69. The molecule has 0 aliphatic carbocycles. The van der Waals surface area contributed by atoms with E-state index < -0.39 is 21.8 Å². The first-order valence-corrected chi connectivity index (χ1v) is 8.56. The zero-order valence-corrected chi connectivity index (χ0v) is 13.3. The monoisotopic (exact) mass is 382 g/mol. The number of imidazole rings is 1. The molecule has 0 atom stereocenters. The Morgan fingerprint density at radius 3 is 2.57 bits per heavy atom. The number of rotatable bonds is 2. The summed E-state index contributed by atoms with van der Waals surface area (Å²) in [6.07, 6.45) is -3.41. The average Bonchev–Trinajstić information content (AvgIpc) is 2.93. The lowest BCUT2D eigenvalue weighted by Gasteiger charge is -2.11. The van der Waals surface area contributed by atoms with Crippen molar-refractivity contribution < 1.29 is 21.6 Å². The molecule has 6 nitrogen and oxygen atoms in total. The number of hydrogen-bond donors (Lipinski definition) is 1. The first-order chi connectivity index (χ1) is 10.6. The van der Waals surface area contributed by atoms with Crippen LogP contribution in [0.2, 0.25) is 5.02 Å². The summed E-state index contributed by atoms with van der Waals surface area (Å²) in [6, 6.07) is 3.12. The fourth-order valence-corrected chi connectivity index (χ4v) is 3.58. The quantitative estimate of drug-likeness (QED) is 0.737. The minimum Gasteiger partial charge on any atom is -0.223 e. The lowest BCUT2D eigenvalue weighted by atomic mass is 10.0. The van der Waals surface area contributed by atoms with Crippen LogP contribution in [0.5, 0.6) is 0 Å². The van der Waals surface area contributed by atoms with Crippen molar-refractivity contribution in [2.75, 3.05) is 0 Å². The third-order valence-corrected chi connectivity index (χ3v) is 5.30. The standard InChI is InChI=1S/C11H6ClF3N4O2S2/c12-5-1-2-7(11(13,14)15)6(3-5)8-4-19-9(17-8)22-10(18-19)23(16,20)21/h1-4H,(H2,16,20,21). The number of nitrogens with two attached hydrogens (primary N) is 1. The van der Waals surface area contributed by atoms with Gasteiger partial charge in [-0.2, -0.15) is 13.2 Å². The van der Waals surface area contributed by atoms with Crippen LogP contribution in [0.3, 0.4) is 0 Å². The first kappa shape index (κ1) is 16.2. The van der Waals surface area contributed by atoms with Gasteiger partial charge in [-0.1, -0.05) is 22.9 Å². The number of nitrogens with zero attached hydrogens (tertiary/aromatic N) is 3. The highest BCUT2D eigenvalue weighted by Crippen LogP contribution is 2.38. The molecule has 3 aromatic rings. The van der Waals surface area contributed by atoms with Crippen LogP contribution in [-0.4, -0.2) is 23.0 Å². The minimum atomic E-state index is -4.59. The van der Waals surface area contributed by atoms with Crippen LogP contribution in [0.1, 0.15) is 5.56 Å². The van der Waals surface area contributed by atoms with E-state index in [0.717, 1.165) is 22.7 Å². The molecule has 0 bridgehead atoms. The second-order valence-electron chi connectivity index (χ2n) is 4.45. The predicted octanol–water partition coefficient (Wildman–Crippen LogP) is 2.78. The van der Waals surface area contributed by atoms with Crippen LogP contribution in [-0.2, 0) is 16.2 Å². The molecule has 0 amide bonds. The Bertz CT molecular complexity index is 979. The lowest BCUT2D eigenvalue weighted by Crippen LogP contribution is -2.12. The predicted molar refractivity (Wildman–Crippen MR) is 77.7 cm³/mol. The molecule has 0 aliphatic rings. The number of benzene rings is 1. The highest BCUT2D eigenvalue weighted by Gasteiger charge is 2.34. The third kappa shape index (κ3) is 3.04. The normalized spacial score (nSPS) is 12.9. The van der Waals surface area contributed by atoms with Crippen LogP contribution in [0, 0.1) is 0 Å². The highest BCUT2D eigenvalue weighted by molar-refractivity contribution is 7.91. The molecule has 0 radical (unpaired) electrons.